The number of carbonyl (C=O) groups is 1. The average molecular weight is 605 g/mol. The first kappa shape index (κ1) is 31.7. The summed E-state index contributed by atoms with van der Waals surface area (Å²) in [5.41, 5.74) is 2.61. The molecule has 242 valence electrons. The van der Waals surface area contributed by atoms with Crippen molar-refractivity contribution in [2.75, 3.05) is 6.61 Å². The van der Waals surface area contributed by atoms with E-state index in [1.54, 1.807) is 12.1 Å². The molecule has 6 rings (SSSR count). The Kier molecular flexibility index (Phi) is 7.67. The lowest BCUT2D eigenvalue weighted by Gasteiger charge is -2.73. The number of carbonyl (C=O) groups excluding carboxylic acids is 1. The first-order chi connectivity index (χ1) is 20.6. The van der Waals surface area contributed by atoms with Crippen molar-refractivity contribution in [2.24, 2.45) is 56.7 Å². The highest BCUT2D eigenvalue weighted by Crippen LogP contribution is 2.77. The molecule has 44 heavy (non-hydrogen) atoms. The largest absolute Gasteiger partial charge is 0.504 e. The lowest BCUT2D eigenvalue weighted by molar-refractivity contribution is -0.251. The Morgan fingerprint density at radius 1 is 0.909 bits per heavy atom. The lowest BCUT2D eigenvalue weighted by Crippen LogP contribution is -2.67. The van der Waals surface area contributed by atoms with E-state index in [4.69, 9.17) is 4.74 Å². The third-order valence-electron chi connectivity index (χ3n) is 15.2. The van der Waals surface area contributed by atoms with Gasteiger partial charge >= 0.3 is 5.97 Å². The molecule has 0 bridgehead atoms. The molecule has 0 amide bonds. The Balaban J connectivity index is 1.22. The summed E-state index contributed by atoms with van der Waals surface area (Å²) in [5, 5.41) is 30.2. The highest BCUT2D eigenvalue weighted by atomic mass is 16.5. The van der Waals surface area contributed by atoms with Crippen LogP contribution in [0, 0.1) is 56.7 Å². The SMILES string of the molecule is C=C(C)C1CC[C@]2(CO)CC[C@]3(C)C(CCC4[C@@]5(C)CCC(OC(=O)C=Cc6ccc(O)c(O)c6)C(C)(C)C5CC[C@]43C)C12. The van der Waals surface area contributed by atoms with E-state index in [0.717, 1.165) is 32.1 Å². The van der Waals surface area contributed by atoms with Crippen molar-refractivity contribution in [2.45, 2.75) is 112 Å². The molecular formula is C39H56O5. The molecular weight excluding hydrogens is 548 g/mol. The van der Waals surface area contributed by atoms with Gasteiger partial charge in [-0.05, 0) is 146 Å². The summed E-state index contributed by atoms with van der Waals surface area (Å²) in [6.45, 7) is 19.5. The molecule has 0 aromatic heterocycles. The second kappa shape index (κ2) is 10.6. The number of phenolic OH excluding ortho intramolecular Hbond substituents is 2. The van der Waals surface area contributed by atoms with Crippen LogP contribution in [0.5, 0.6) is 11.5 Å². The number of fused-ring (bicyclic) bond motifs is 7. The molecule has 0 radical (unpaired) electrons. The van der Waals surface area contributed by atoms with Crippen LogP contribution in [0.1, 0.15) is 111 Å². The second-order valence-electron chi connectivity index (χ2n) is 17.1. The van der Waals surface area contributed by atoms with Crippen LogP contribution in [0.2, 0.25) is 0 Å². The lowest BCUT2D eigenvalue weighted by atomic mass is 9.32. The molecule has 0 saturated heterocycles. The number of hydrogen-bond acceptors (Lipinski definition) is 5. The highest BCUT2D eigenvalue weighted by Gasteiger charge is 2.71. The Labute approximate surface area is 265 Å². The van der Waals surface area contributed by atoms with Crippen molar-refractivity contribution < 1.29 is 24.9 Å². The normalized spacial score (nSPS) is 44.2. The minimum atomic E-state index is -0.355. The van der Waals surface area contributed by atoms with E-state index in [9.17, 15) is 20.1 Å². The molecule has 6 unspecified atom stereocenters. The molecule has 1 aromatic rings. The highest BCUT2D eigenvalue weighted by molar-refractivity contribution is 5.87. The monoisotopic (exact) mass is 604 g/mol. The Bertz CT molecular complexity index is 1350. The predicted molar refractivity (Wildman–Crippen MR) is 175 cm³/mol. The Morgan fingerprint density at radius 3 is 2.34 bits per heavy atom. The van der Waals surface area contributed by atoms with Crippen molar-refractivity contribution in [3.63, 3.8) is 0 Å². The van der Waals surface area contributed by atoms with Crippen molar-refractivity contribution >= 4 is 12.0 Å². The number of benzene rings is 1. The summed E-state index contributed by atoms with van der Waals surface area (Å²) < 4.78 is 6.18. The van der Waals surface area contributed by atoms with Gasteiger partial charge in [-0.3, -0.25) is 0 Å². The van der Waals surface area contributed by atoms with Crippen LogP contribution in [0.15, 0.2) is 36.4 Å². The van der Waals surface area contributed by atoms with Crippen molar-refractivity contribution in [3.8, 4) is 11.5 Å². The van der Waals surface area contributed by atoms with Gasteiger partial charge in [0.1, 0.15) is 6.10 Å². The predicted octanol–water partition coefficient (Wildman–Crippen LogP) is 8.67. The van der Waals surface area contributed by atoms with Crippen LogP contribution in [0.25, 0.3) is 6.08 Å². The van der Waals surface area contributed by atoms with E-state index < -0.39 is 0 Å². The van der Waals surface area contributed by atoms with Crippen LogP contribution in [0.4, 0.5) is 0 Å². The van der Waals surface area contributed by atoms with E-state index in [1.165, 1.54) is 55.9 Å². The number of ether oxygens (including phenoxy) is 1. The molecule has 0 spiro atoms. The molecule has 5 nitrogen and oxygen atoms in total. The van der Waals surface area contributed by atoms with Crippen LogP contribution in [-0.4, -0.2) is 34.0 Å². The standard InChI is InChI=1S/C39H56O5/c1-24(2)26-14-19-39(23-40)21-20-37(6)27(34(26)39)10-12-31-36(5)17-16-32(35(3,4)30(36)15-18-38(31,37)7)44-33(43)13-9-25-8-11-28(41)29(42)22-25/h8-9,11,13,22,26-27,30-32,34,40-42H,1,10,12,14-21,23H2,2-7H3/t26?,27?,30?,31?,32?,34?,36-,37+,38+,39+/m0/s1. The molecule has 5 heteroatoms. The Hall–Kier alpha value is -2.27. The van der Waals surface area contributed by atoms with Gasteiger partial charge in [-0.25, -0.2) is 4.79 Å². The van der Waals surface area contributed by atoms with Crippen molar-refractivity contribution in [3.05, 3.63) is 42.0 Å². The number of aliphatic hydroxyl groups is 1. The molecule has 3 N–H and O–H groups in total. The maximum absolute atomic E-state index is 13.0. The van der Waals surface area contributed by atoms with Gasteiger partial charge in [0.05, 0.1) is 0 Å². The van der Waals surface area contributed by atoms with Gasteiger partial charge < -0.3 is 20.1 Å². The third-order valence-corrected chi connectivity index (χ3v) is 15.2. The van der Waals surface area contributed by atoms with Crippen LogP contribution in [0.3, 0.4) is 0 Å². The molecule has 10 atom stereocenters. The van der Waals surface area contributed by atoms with E-state index in [0.29, 0.717) is 41.8 Å². The van der Waals surface area contributed by atoms with Crippen molar-refractivity contribution in [1.29, 1.82) is 0 Å². The maximum atomic E-state index is 13.0. The first-order valence-corrected chi connectivity index (χ1v) is 17.3. The molecule has 1 aromatic carbocycles. The van der Waals surface area contributed by atoms with Gasteiger partial charge in [-0.15, -0.1) is 0 Å². The van der Waals surface area contributed by atoms with Gasteiger partial charge in [0.15, 0.2) is 11.5 Å². The molecule has 0 aliphatic heterocycles. The summed E-state index contributed by atoms with van der Waals surface area (Å²) >= 11 is 0. The summed E-state index contributed by atoms with van der Waals surface area (Å²) in [7, 11) is 0. The zero-order valence-corrected chi connectivity index (χ0v) is 28.0. The van der Waals surface area contributed by atoms with Gasteiger partial charge in [0.25, 0.3) is 0 Å². The molecule has 5 saturated carbocycles. The zero-order valence-electron chi connectivity index (χ0n) is 28.0. The van der Waals surface area contributed by atoms with E-state index >= 15 is 0 Å². The molecule has 0 heterocycles. The van der Waals surface area contributed by atoms with Gasteiger partial charge in [-0.1, -0.05) is 52.8 Å². The number of esters is 1. The number of allylic oxidation sites excluding steroid dienone is 1. The van der Waals surface area contributed by atoms with Gasteiger partial charge in [0, 0.05) is 18.1 Å². The molecule has 5 aliphatic carbocycles. The number of aromatic hydroxyl groups is 2. The average Bonchev–Trinajstić information content (AvgIpc) is 3.36. The van der Waals surface area contributed by atoms with E-state index in [-0.39, 0.29) is 50.6 Å². The number of aliphatic hydroxyl groups excluding tert-OH is 1. The summed E-state index contributed by atoms with van der Waals surface area (Å²) in [4.78, 5) is 13.0. The quantitative estimate of drug-likeness (QED) is 0.135. The first-order valence-electron chi connectivity index (χ1n) is 17.3. The van der Waals surface area contributed by atoms with Gasteiger partial charge in [0.2, 0.25) is 0 Å². The second-order valence-corrected chi connectivity index (χ2v) is 17.1. The van der Waals surface area contributed by atoms with Crippen LogP contribution in [-0.2, 0) is 9.53 Å². The van der Waals surface area contributed by atoms with E-state index in [1.807, 2.05) is 0 Å². The smallest absolute Gasteiger partial charge is 0.331 e. The number of rotatable bonds is 5. The van der Waals surface area contributed by atoms with Crippen molar-refractivity contribution in [1.82, 2.24) is 0 Å². The maximum Gasteiger partial charge on any atom is 0.331 e. The number of hydrogen-bond donors (Lipinski definition) is 3. The molecule has 5 aliphatic rings. The fourth-order valence-corrected chi connectivity index (χ4v) is 12.7. The molecule has 5 fully saturated rings. The van der Waals surface area contributed by atoms with Crippen LogP contribution >= 0.6 is 0 Å². The minimum absolute atomic E-state index is 0.0825. The summed E-state index contributed by atoms with van der Waals surface area (Å²) in [6, 6.07) is 4.51. The van der Waals surface area contributed by atoms with E-state index in [2.05, 4.69) is 48.1 Å². The fourth-order valence-electron chi connectivity index (χ4n) is 12.7. The number of phenols is 2. The van der Waals surface area contributed by atoms with Gasteiger partial charge in [-0.2, -0.15) is 0 Å². The third kappa shape index (κ3) is 4.45. The zero-order chi connectivity index (χ0) is 31.9. The summed E-state index contributed by atoms with van der Waals surface area (Å²) in [5.74, 6) is 2.10. The Morgan fingerprint density at radius 2 is 1.66 bits per heavy atom. The topological polar surface area (TPSA) is 87.0 Å². The fraction of sp³-hybridized carbons (Fsp3) is 0.718. The summed E-state index contributed by atoms with van der Waals surface area (Å²) in [6.07, 6.45) is 14.5. The minimum Gasteiger partial charge on any atom is -0.504 e. The van der Waals surface area contributed by atoms with Crippen LogP contribution < -0.4 is 0 Å².